The number of carbonyl (C=O) groups excluding carboxylic acids is 1. The molecule has 0 atom stereocenters. The minimum Gasteiger partial charge on any atom is -0.454 e. The highest BCUT2D eigenvalue weighted by Gasteiger charge is 2.22. The number of halogens is 1. The lowest BCUT2D eigenvalue weighted by molar-refractivity contribution is -0.385. The minimum atomic E-state index is -0.542. The minimum absolute atomic E-state index is 0.00826. The Labute approximate surface area is 148 Å². The number of carbonyl (C=O) groups is 1. The van der Waals surface area contributed by atoms with Gasteiger partial charge in [0.25, 0.3) is 5.69 Å². The fourth-order valence-corrected chi connectivity index (χ4v) is 2.44. The lowest BCUT2D eigenvalue weighted by Gasteiger charge is -2.04. The van der Waals surface area contributed by atoms with Gasteiger partial charge in [-0.15, -0.1) is 0 Å². The largest absolute Gasteiger partial charge is 0.454 e. The molecule has 1 aliphatic heterocycles. The number of rotatable bonds is 4. The van der Waals surface area contributed by atoms with Gasteiger partial charge in [-0.3, -0.25) is 14.9 Å². The molecule has 128 valence electrons. The summed E-state index contributed by atoms with van der Waals surface area (Å²) in [6, 6.07) is 7.87. The van der Waals surface area contributed by atoms with Gasteiger partial charge in [0.2, 0.25) is 12.7 Å². The van der Waals surface area contributed by atoms with Crippen molar-refractivity contribution in [3.63, 3.8) is 0 Å². The first kappa shape index (κ1) is 16.8. The smallest absolute Gasteiger partial charge is 0.280 e. The van der Waals surface area contributed by atoms with Gasteiger partial charge in [0.05, 0.1) is 16.6 Å². The predicted octanol–water partition coefficient (Wildman–Crippen LogP) is 3.94. The summed E-state index contributed by atoms with van der Waals surface area (Å²) < 4.78 is 10.3. The van der Waals surface area contributed by atoms with E-state index in [1.807, 2.05) is 6.92 Å². The Morgan fingerprint density at radius 1 is 1.28 bits per heavy atom. The molecule has 2 aromatic rings. The van der Waals surface area contributed by atoms with Gasteiger partial charge >= 0.3 is 0 Å². The van der Waals surface area contributed by atoms with Crippen LogP contribution >= 0.6 is 11.6 Å². The third-order valence-electron chi connectivity index (χ3n) is 3.57. The first-order valence-corrected chi connectivity index (χ1v) is 7.65. The molecule has 1 N–H and O–H groups in total. The van der Waals surface area contributed by atoms with Crippen LogP contribution in [0.3, 0.4) is 0 Å². The van der Waals surface area contributed by atoms with Gasteiger partial charge in [-0.2, -0.15) is 0 Å². The van der Waals surface area contributed by atoms with Gasteiger partial charge in [-0.05, 0) is 36.8 Å². The maximum absolute atomic E-state index is 12.0. The van der Waals surface area contributed by atoms with Gasteiger partial charge in [-0.1, -0.05) is 17.7 Å². The number of amides is 1. The maximum Gasteiger partial charge on any atom is 0.280 e. The van der Waals surface area contributed by atoms with E-state index in [4.69, 9.17) is 21.1 Å². The maximum atomic E-state index is 12.0. The molecule has 8 heteroatoms. The van der Waals surface area contributed by atoms with Gasteiger partial charge < -0.3 is 14.8 Å². The number of hydrogen-bond donors (Lipinski definition) is 1. The van der Waals surface area contributed by atoms with E-state index in [-0.39, 0.29) is 18.0 Å². The summed E-state index contributed by atoms with van der Waals surface area (Å²) in [6.45, 7) is 1.86. The number of anilines is 1. The zero-order valence-electron chi connectivity index (χ0n) is 13.1. The summed E-state index contributed by atoms with van der Waals surface area (Å²) in [4.78, 5) is 22.7. The zero-order valence-corrected chi connectivity index (χ0v) is 13.9. The van der Waals surface area contributed by atoms with Crippen LogP contribution in [-0.4, -0.2) is 17.6 Å². The Morgan fingerprint density at radius 2 is 2.00 bits per heavy atom. The van der Waals surface area contributed by atoms with E-state index in [9.17, 15) is 14.9 Å². The third kappa shape index (κ3) is 3.72. The highest BCUT2D eigenvalue weighted by Crippen LogP contribution is 2.38. The number of benzene rings is 2. The van der Waals surface area contributed by atoms with Crippen molar-refractivity contribution < 1.29 is 19.2 Å². The van der Waals surface area contributed by atoms with Crippen LogP contribution < -0.4 is 14.8 Å². The van der Waals surface area contributed by atoms with Crippen molar-refractivity contribution in [3.05, 3.63) is 62.7 Å². The SMILES string of the molecule is Cc1ccc(NC(=O)/C=C/c2cc3c(cc2[N+](=O)[O-])OCO3)cc1Cl. The molecule has 25 heavy (non-hydrogen) atoms. The Balaban J connectivity index is 1.80. The van der Waals surface area contributed by atoms with Crippen LogP contribution in [-0.2, 0) is 4.79 Å². The summed E-state index contributed by atoms with van der Waals surface area (Å²) in [6.07, 6.45) is 2.56. The third-order valence-corrected chi connectivity index (χ3v) is 3.98. The summed E-state index contributed by atoms with van der Waals surface area (Å²) in [5, 5.41) is 14.4. The van der Waals surface area contributed by atoms with Crippen LogP contribution in [0, 0.1) is 17.0 Å². The van der Waals surface area contributed by atoms with Crippen molar-refractivity contribution in [2.24, 2.45) is 0 Å². The molecule has 7 nitrogen and oxygen atoms in total. The molecule has 0 aliphatic carbocycles. The van der Waals surface area contributed by atoms with Crippen LogP contribution in [0.25, 0.3) is 6.08 Å². The van der Waals surface area contributed by atoms with Gasteiger partial charge in [-0.25, -0.2) is 0 Å². The fraction of sp³-hybridized carbons (Fsp3) is 0.118. The number of nitro groups is 1. The Morgan fingerprint density at radius 3 is 2.68 bits per heavy atom. The van der Waals surface area contributed by atoms with E-state index in [2.05, 4.69) is 5.32 Å². The first-order chi connectivity index (χ1) is 11.9. The average Bonchev–Trinajstić information content (AvgIpc) is 3.02. The molecule has 1 amide bonds. The van der Waals surface area contributed by atoms with E-state index in [1.165, 1.54) is 24.3 Å². The number of fused-ring (bicyclic) bond motifs is 1. The molecule has 0 saturated carbocycles. The first-order valence-electron chi connectivity index (χ1n) is 7.27. The highest BCUT2D eigenvalue weighted by atomic mass is 35.5. The number of ether oxygens (including phenoxy) is 2. The summed E-state index contributed by atoms with van der Waals surface area (Å²) >= 11 is 6.01. The molecule has 0 saturated heterocycles. The number of hydrogen-bond acceptors (Lipinski definition) is 5. The second kappa shape index (κ2) is 6.82. The Bertz CT molecular complexity index is 895. The quantitative estimate of drug-likeness (QED) is 0.506. The van der Waals surface area contributed by atoms with Crippen LogP contribution in [0.4, 0.5) is 11.4 Å². The lowest BCUT2D eigenvalue weighted by atomic mass is 10.1. The summed E-state index contributed by atoms with van der Waals surface area (Å²) in [5.41, 5.74) is 1.50. The van der Waals surface area contributed by atoms with Crippen LogP contribution in [0.5, 0.6) is 11.5 Å². The zero-order chi connectivity index (χ0) is 18.0. The molecule has 0 radical (unpaired) electrons. The summed E-state index contributed by atoms with van der Waals surface area (Å²) in [5.74, 6) is 0.269. The molecule has 0 spiro atoms. The average molecular weight is 361 g/mol. The van der Waals surface area contributed by atoms with E-state index >= 15 is 0 Å². The molecule has 2 aromatic carbocycles. The molecular weight excluding hydrogens is 348 g/mol. The number of aryl methyl sites for hydroxylation is 1. The predicted molar refractivity (Wildman–Crippen MR) is 93.1 cm³/mol. The van der Waals surface area contributed by atoms with Crippen molar-refractivity contribution >= 4 is 35.0 Å². The lowest BCUT2D eigenvalue weighted by Crippen LogP contribution is -2.07. The molecule has 0 aromatic heterocycles. The van der Waals surface area contributed by atoms with Crippen LogP contribution in [0.1, 0.15) is 11.1 Å². The van der Waals surface area contributed by atoms with E-state index < -0.39 is 10.8 Å². The molecule has 1 aliphatic rings. The van der Waals surface area contributed by atoms with Gasteiger partial charge in [0.1, 0.15) is 0 Å². The molecule has 1 heterocycles. The van der Waals surface area contributed by atoms with Crippen molar-refractivity contribution in [2.45, 2.75) is 6.92 Å². The monoisotopic (exact) mass is 360 g/mol. The normalized spacial score (nSPS) is 12.4. The second-order valence-corrected chi connectivity index (χ2v) is 5.72. The molecule has 3 rings (SSSR count). The van der Waals surface area contributed by atoms with E-state index in [0.29, 0.717) is 22.2 Å². The number of nitrogens with one attached hydrogen (secondary N) is 1. The van der Waals surface area contributed by atoms with E-state index in [0.717, 1.165) is 5.56 Å². The number of nitrogens with zero attached hydrogens (tertiary/aromatic N) is 1. The van der Waals surface area contributed by atoms with Crippen LogP contribution in [0.2, 0.25) is 5.02 Å². The Kier molecular flexibility index (Phi) is 4.58. The van der Waals surface area contributed by atoms with Crippen molar-refractivity contribution in [1.82, 2.24) is 0 Å². The second-order valence-electron chi connectivity index (χ2n) is 5.31. The molecule has 0 fully saturated rings. The highest BCUT2D eigenvalue weighted by molar-refractivity contribution is 6.31. The topological polar surface area (TPSA) is 90.7 Å². The Hall–Kier alpha value is -3.06. The molecule has 0 bridgehead atoms. The van der Waals surface area contributed by atoms with Crippen molar-refractivity contribution in [1.29, 1.82) is 0 Å². The van der Waals surface area contributed by atoms with Gasteiger partial charge in [0, 0.05) is 16.8 Å². The molecule has 0 unspecified atom stereocenters. The van der Waals surface area contributed by atoms with Crippen molar-refractivity contribution in [3.8, 4) is 11.5 Å². The number of nitro benzene ring substituents is 1. The summed E-state index contributed by atoms with van der Waals surface area (Å²) in [7, 11) is 0. The fourth-order valence-electron chi connectivity index (χ4n) is 2.26. The van der Waals surface area contributed by atoms with Crippen LogP contribution in [0.15, 0.2) is 36.4 Å². The van der Waals surface area contributed by atoms with E-state index in [1.54, 1.807) is 18.2 Å². The molecular formula is C17H13ClN2O5. The van der Waals surface area contributed by atoms with Gasteiger partial charge in [0.15, 0.2) is 11.5 Å². The van der Waals surface area contributed by atoms with Crippen molar-refractivity contribution in [2.75, 3.05) is 12.1 Å². The standard InChI is InChI=1S/C17H13ClN2O5/c1-10-2-4-12(7-13(10)18)19-17(21)5-3-11-6-15-16(25-9-24-15)8-14(11)20(22)23/h2-8H,9H2,1H3,(H,19,21)/b5-3+.